The van der Waals surface area contributed by atoms with Gasteiger partial charge in [0, 0.05) is 38.7 Å². The summed E-state index contributed by atoms with van der Waals surface area (Å²) in [5.41, 5.74) is 1.06. The molecule has 1 aromatic heterocycles. The SMILES string of the molecule is C[C@@H]1C[C@H]1N1C[C@@H](NC(=O)CCc2cnn(C)c2)CC1=O. The summed E-state index contributed by atoms with van der Waals surface area (Å²) in [6, 6.07) is 0.390. The quantitative estimate of drug-likeness (QED) is 0.857. The minimum Gasteiger partial charge on any atom is -0.351 e. The zero-order valence-corrected chi connectivity index (χ0v) is 12.6. The largest absolute Gasteiger partial charge is 0.351 e. The Kier molecular flexibility index (Phi) is 3.69. The van der Waals surface area contributed by atoms with E-state index in [1.54, 1.807) is 10.9 Å². The van der Waals surface area contributed by atoms with E-state index in [4.69, 9.17) is 0 Å². The van der Waals surface area contributed by atoms with Crippen LogP contribution in [-0.4, -0.2) is 45.1 Å². The molecule has 0 aromatic carbocycles. The molecule has 1 saturated heterocycles. The number of hydrogen-bond acceptors (Lipinski definition) is 3. The minimum atomic E-state index is -0.0216. The second-order valence-corrected chi connectivity index (χ2v) is 6.32. The number of hydrogen-bond donors (Lipinski definition) is 1. The van der Waals surface area contributed by atoms with Gasteiger partial charge >= 0.3 is 0 Å². The van der Waals surface area contributed by atoms with Gasteiger partial charge in [0.25, 0.3) is 0 Å². The van der Waals surface area contributed by atoms with Crippen molar-refractivity contribution in [1.82, 2.24) is 20.0 Å². The van der Waals surface area contributed by atoms with Gasteiger partial charge in [-0.3, -0.25) is 14.3 Å². The molecule has 114 valence electrons. The Labute approximate surface area is 124 Å². The second-order valence-electron chi connectivity index (χ2n) is 6.32. The third kappa shape index (κ3) is 3.25. The Hall–Kier alpha value is -1.85. The molecule has 2 amide bonds. The Morgan fingerprint density at radius 2 is 2.29 bits per heavy atom. The highest BCUT2D eigenvalue weighted by atomic mass is 16.2. The summed E-state index contributed by atoms with van der Waals surface area (Å²) in [4.78, 5) is 25.9. The first kappa shape index (κ1) is 14.1. The highest BCUT2D eigenvalue weighted by Crippen LogP contribution is 2.37. The van der Waals surface area contributed by atoms with Gasteiger partial charge in [0.2, 0.25) is 11.8 Å². The molecule has 6 nitrogen and oxygen atoms in total. The van der Waals surface area contributed by atoms with Crippen molar-refractivity contribution in [2.45, 2.75) is 44.7 Å². The van der Waals surface area contributed by atoms with Crippen molar-refractivity contribution in [3.05, 3.63) is 18.0 Å². The highest BCUT2D eigenvalue weighted by Gasteiger charge is 2.44. The average Bonchev–Trinajstić information content (AvgIpc) is 2.82. The summed E-state index contributed by atoms with van der Waals surface area (Å²) in [6.07, 6.45) is 6.38. The molecule has 0 radical (unpaired) electrons. The van der Waals surface area contributed by atoms with Crippen LogP contribution in [0.5, 0.6) is 0 Å². The number of nitrogens with zero attached hydrogens (tertiary/aromatic N) is 3. The number of nitrogens with one attached hydrogen (secondary N) is 1. The smallest absolute Gasteiger partial charge is 0.225 e. The lowest BCUT2D eigenvalue weighted by atomic mass is 10.2. The molecule has 2 fully saturated rings. The number of aryl methyl sites for hydroxylation is 2. The van der Waals surface area contributed by atoms with Crippen LogP contribution < -0.4 is 5.32 Å². The van der Waals surface area contributed by atoms with Crippen LogP contribution >= 0.6 is 0 Å². The lowest BCUT2D eigenvalue weighted by Gasteiger charge is -2.16. The second kappa shape index (κ2) is 5.50. The van der Waals surface area contributed by atoms with Crippen molar-refractivity contribution in [2.24, 2.45) is 13.0 Å². The topological polar surface area (TPSA) is 67.2 Å². The molecule has 3 atom stereocenters. The number of likely N-dealkylation sites (tertiary alicyclic amines) is 1. The standard InChI is InChI=1S/C15H22N4O2/c1-10-5-13(10)19-9-12(6-15(19)21)17-14(20)4-3-11-7-16-18(2)8-11/h7-8,10,12-13H,3-6,9H2,1-2H3,(H,17,20)/t10-,12+,13-/m1/s1. The fraction of sp³-hybridized carbons (Fsp3) is 0.667. The van der Waals surface area contributed by atoms with Gasteiger partial charge in [0.05, 0.1) is 12.2 Å². The highest BCUT2D eigenvalue weighted by molar-refractivity contribution is 5.82. The molecular weight excluding hydrogens is 268 g/mol. The molecule has 21 heavy (non-hydrogen) atoms. The number of carbonyl (C=O) groups is 2. The van der Waals surface area contributed by atoms with Crippen LogP contribution in [0.4, 0.5) is 0 Å². The molecule has 3 rings (SSSR count). The minimum absolute atomic E-state index is 0.0161. The predicted octanol–water partition coefficient (Wildman–Crippen LogP) is 0.478. The normalized spacial score (nSPS) is 28.0. The number of amides is 2. The van der Waals surface area contributed by atoms with Gasteiger partial charge in [0.1, 0.15) is 0 Å². The zero-order chi connectivity index (χ0) is 15.0. The van der Waals surface area contributed by atoms with Crippen molar-refractivity contribution in [3.8, 4) is 0 Å². The lowest BCUT2D eigenvalue weighted by Crippen LogP contribution is -2.37. The molecule has 2 aliphatic rings. The summed E-state index contributed by atoms with van der Waals surface area (Å²) in [6.45, 7) is 2.84. The van der Waals surface area contributed by atoms with Crippen LogP contribution in [0.3, 0.4) is 0 Å². The van der Waals surface area contributed by atoms with Crippen LogP contribution in [0.2, 0.25) is 0 Å². The monoisotopic (exact) mass is 290 g/mol. The van der Waals surface area contributed by atoms with E-state index in [1.807, 2.05) is 18.1 Å². The van der Waals surface area contributed by atoms with Gasteiger partial charge in [-0.1, -0.05) is 6.92 Å². The van der Waals surface area contributed by atoms with E-state index in [0.717, 1.165) is 12.0 Å². The van der Waals surface area contributed by atoms with E-state index >= 15 is 0 Å². The maximum Gasteiger partial charge on any atom is 0.225 e. The van der Waals surface area contributed by atoms with E-state index in [9.17, 15) is 9.59 Å². The molecule has 1 saturated carbocycles. The maximum absolute atomic E-state index is 12.0. The Balaban J connectivity index is 1.44. The van der Waals surface area contributed by atoms with Crippen LogP contribution in [0, 0.1) is 5.92 Å². The lowest BCUT2D eigenvalue weighted by molar-refractivity contribution is -0.128. The van der Waals surface area contributed by atoms with E-state index in [-0.39, 0.29) is 17.9 Å². The molecular formula is C15H22N4O2. The van der Waals surface area contributed by atoms with Gasteiger partial charge in [-0.05, 0) is 24.3 Å². The summed E-state index contributed by atoms with van der Waals surface area (Å²) in [7, 11) is 1.86. The Bertz CT molecular complexity index is 554. The number of aromatic nitrogens is 2. The number of rotatable bonds is 5. The summed E-state index contributed by atoms with van der Waals surface area (Å²) >= 11 is 0. The van der Waals surface area contributed by atoms with Crippen LogP contribution in [-0.2, 0) is 23.1 Å². The van der Waals surface area contributed by atoms with Gasteiger partial charge < -0.3 is 10.2 Å². The molecule has 6 heteroatoms. The van der Waals surface area contributed by atoms with Gasteiger partial charge in [-0.25, -0.2) is 0 Å². The first-order valence-corrected chi connectivity index (χ1v) is 7.59. The third-order valence-electron chi connectivity index (χ3n) is 4.39. The van der Waals surface area contributed by atoms with Crippen molar-refractivity contribution in [2.75, 3.05) is 6.54 Å². The molecule has 0 bridgehead atoms. The van der Waals surface area contributed by atoms with Crippen molar-refractivity contribution in [1.29, 1.82) is 0 Å². The van der Waals surface area contributed by atoms with E-state index < -0.39 is 0 Å². The molecule has 1 aromatic rings. The van der Waals surface area contributed by atoms with Crippen molar-refractivity contribution in [3.63, 3.8) is 0 Å². The molecule has 1 aliphatic carbocycles. The third-order valence-corrected chi connectivity index (χ3v) is 4.39. The van der Waals surface area contributed by atoms with Crippen molar-refractivity contribution < 1.29 is 9.59 Å². The fourth-order valence-electron chi connectivity index (χ4n) is 3.04. The fourth-order valence-corrected chi connectivity index (χ4v) is 3.04. The zero-order valence-electron chi connectivity index (χ0n) is 12.6. The first-order valence-electron chi connectivity index (χ1n) is 7.59. The molecule has 0 unspecified atom stereocenters. The first-order chi connectivity index (χ1) is 10.0. The van der Waals surface area contributed by atoms with Crippen LogP contribution in [0.1, 0.15) is 31.7 Å². The van der Waals surface area contributed by atoms with Crippen LogP contribution in [0.25, 0.3) is 0 Å². The molecule has 1 aliphatic heterocycles. The Morgan fingerprint density at radius 1 is 1.52 bits per heavy atom. The summed E-state index contributed by atoms with van der Waals surface area (Å²) in [5.74, 6) is 0.818. The molecule has 2 heterocycles. The van der Waals surface area contributed by atoms with Gasteiger partial charge in [-0.15, -0.1) is 0 Å². The average molecular weight is 290 g/mol. The van der Waals surface area contributed by atoms with Crippen LogP contribution in [0.15, 0.2) is 12.4 Å². The van der Waals surface area contributed by atoms with Gasteiger partial charge in [-0.2, -0.15) is 5.10 Å². The maximum atomic E-state index is 12.0. The van der Waals surface area contributed by atoms with Crippen molar-refractivity contribution >= 4 is 11.8 Å². The van der Waals surface area contributed by atoms with E-state index in [1.165, 1.54) is 0 Å². The molecule has 1 N–H and O–H groups in total. The number of carbonyl (C=O) groups excluding carboxylic acids is 2. The van der Waals surface area contributed by atoms with E-state index in [0.29, 0.717) is 37.8 Å². The predicted molar refractivity (Wildman–Crippen MR) is 77.4 cm³/mol. The molecule has 0 spiro atoms. The summed E-state index contributed by atoms with van der Waals surface area (Å²) < 4.78 is 1.73. The van der Waals surface area contributed by atoms with E-state index in [2.05, 4.69) is 17.3 Å². The Morgan fingerprint density at radius 3 is 2.90 bits per heavy atom. The summed E-state index contributed by atoms with van der Waals surface area (Å²) in [5, 5.41) is 7.07. The van der Waals surface area contributed by atoms with Gasteiger partial charge in [0.15, 0.2) is 0 Å².